The Hall–Kier alpha value is -0.160. The van der Waals surface area contributed by atoms with Crippen LogP contribution in [0.25, 0.3) is 0 Å². The zero-order valence-corrected chi connectivity index (χ0v) is 12.3. The van der Waals surface area contributed by atoms with Crippen LogP contribution in [-0.2, 0) is 9.47 Å². The summed E-state index contributed by atoms with van der Waals surface area (Å²) in [5, 5.41) is 3.49. The van der Waals surface area contributed by atoms with E-state index in [1.807, 2.05) is 0 Å². The van der Waals surface area contributed by atoms with E-state index in [-0.39, 0.29) is 0 Å². The number of rotatable bonds is 9. The SMILES string of the molecule is CCC1COCCN1CCNCCCOC(C)C. The predicted octanol–water partition coefficient (Wildman–Crippen LogP) is 1.50. The van der Waals surface area contributed by atoms with E-state index in [0.29, 0.717) is 12.1 Å². The molecule has 1 N–H and O–H groups in total. The minimum absolute atomic E-state index is 0.351. The Kier molecular flexibility index (Phi) is 8.59. The van der Waals surface area contributed by atoms with Gasteiger partial charge in [0.25, 0.3) is 0 Å². The highest BCUT2D eigenvalue weighted by molar-refractivity contribution is 4.74. The summed E-state index contributed by atoms with van der Waals surface area (Å²) in [6.45, 7) is 13.4. The highest BCUT2D eigenvalue weighted by Gasteiger charge is 2.20. The first-order valence-electron chi connectivity index (χ1n) is 7.38. The fraction of sp³-hybridized carbons (Fsp3) is 1.00. The lowest BCUT2D eigenvalue weighted by molar-refractivity contribution is -0.00789. The van der Waals surface area contributed by atoms with Gasteiger partial charge in [0.1, 0.15) is 0 Å². The first-order valence-corrected chi connectivity index (χ1v) is 7.38. The summed E-state index contributed by atoms with van der Waals surface area (Å²) < 4.78 is 11.0. The molecule has 1 unspecified atom stereocenters. The number of nitrogens with zero attached hydrogens (tertiary/aromatic N) is 1. The second kappa shape index (κ2) is 9.73. The molecule has 1 aliphatic rings. The molecule has 1 aliphatic heterocycles. The van der Waals surface area contributed by atoms with Crippen molar-refractivity contribution in [3.05, 3.63) is 0 Å². The number of hydrogen-bond donors (Lipinski definition) is 1. The Balaban J connectivity index is 1.96. The number of hydrogen-bond acceptors (Lipinski definition) is 4. The maximum Gasteiger partial charge on any atom is 0.0622 e. The van der Waals surface area contributed by atoms with Crippen molar-refractivity contribution in [3.8, 4) is 0 Å². The van der Waals surface area contributed by atoms with E-state index < -0.39 is 0 Å². The molecule has 0 bridgehead atoms. The molecular formula is C14H30N2O2. The average molecular weight is 258 g/mol. The maximum atomic E-state index is 5.51. The van der Waals surface area contributed by atoms with Crippen LogP contribution >= 0.6 is 0 Å². The van der Waals surface area contributed by atoms with Crippen molar-refractivity contribution in [2.24, 2.45) is 0 Å². The van der Waals surface area contributed by atoms with E-state index in [4.69, 9.17) is 9.47 Å². The lowest BCUT2D eigenvalue weighted by Crippen LogP contribution is -2.47. The average Bonchev–Trinajstić information content (AvgIpc) is 2.37. The molecule has 4 nitrogen and oxygen atoms in total. The highest BCUT2D eigenvalue weighted by atomic mass is 16.5. The molecule has 0 aromatic rings. The van der Waals surface area contributed by atoms with Gasteiger partial charge in [-0.25, -0.2) is 0 Å². The van der Waals surface area contributed by atoms with Crippen LogP contribution in [0.1, 0.15) is 33.6 Å². The Morgan fingerprint density at radius 1 is 1.39 bits per heavy atom. The summed E-state index contributed by atoms with van der Waals surface area (Å²) in [6, 6.07) is 0.616. The molecule has 108 valence electrons. The van der Waals surface area contributed by atoms with Crippen molar-refractivity contribution >= 4 is 0 Å². The van der Waals surface area contributed by atoms with Gasteiger partial charge in [-0.15, -0.1) is 0 Å². The van der Waals surface area contributed by atoms with Gasteiger partial charge in [0, 0.05) is 32.3 Å². The van der Waals surface area contributed by atoms with Crippen LogP contribution in [0.2, 0.25) is 0 Å². The van der Waals surface area contributed by atoms with Gasteiger partial charge < -0.3 is 14.8 Å². The van der Waals surface area contributed by atoms with Crippen LogP contribution in [0.15, 0.2) is 0 Å². The third-order valence-corrected chi connectivity index (χ3v) is 3.35. The Morgan fingerprint density at radius 3 is 2.94 bits per heavy atom. The van der Waals surface area contributed by atoms with E-state index in [1.54, 1.807) is 0 Å². The third-order valence-electron chi connectivity index (χ3n) is 3.35. The molecule has 1 saturated heterocycles. The van der Waals surface area contributed by atoms with Gasteiger partial charge in [-0.2, -0.15) is 0 Å². The summed E-state index contributed by atoms with van der Waals surface area (Å²) in [6.07, 6.45) is 2.63. The first-order chi connectivity index (χ1) is 8.74. The maximum absolute atomic E-state index is 5.51. The van der Waals surface area contributed by atoms with Gasteiger partial charge in [-0.05, 0) is 33.2 Å². The van der Waals surface area contributed by atoms with Crippen LogP contribution < -0.4 is 5.32 Å². The summed E-state index contributed by atoms with van der Waals surface area (Å²) in [5.74, 6) is 0. The molecule has 0 aliphatic carbocycles. The number of morpholine rings is 1. The Labute approximate surface area is 112 Å². The quantitative estimate of drug-likeness (QED) is 0.636. The topological polar surface area (TPSA) is 33.7 Å². The van der Waals surface area contributed by atoms with E-state index in [1.165, 1.54) is 6.42 Å². The monoisotopic (exact) mass is 258 g/mol. The lowest BCUT2D eigenvalue weighted by atomic mass is 10.2. The Morgan fingerprint density at radius 2 is 2.22 bits per heavy atom. The van der Waals surface area contributed by atoms with Crippen molar-refractivity contribution in [1.29, 1.82) is 0 Å². The fourth-order valence-electron chi connectivity index (χ4n) is 2.22. The fourth-order valence-corrected chi connectivity index (χ4v) is 2.22. The van der Waals surface area contributed by atoms with Crippen molar-refractivity contribution in [1.82, 2.24) is 10.2 Å². The van der Waals surface area contributed by atoms with Crippen LogP contribution in [-0.4, -0.2) is 63.0 Å². The number of nitrogens with one attached hydrogen (secondary N) is 1. The summed E-state index contributed by atoms with van der Waals surface area (Å²) in [4.78, 5) is 2.54. The summed E-state index contributed by atoms with van der Waals surface area (Å²) in [7, 11) is 0. The molecule has 0 amide bonds. The molecule has 1 rings (SSSR count). The zero-order valence-electron chi connectivity index (χ0n) is 12.3. The van der Waals surface area contributed by atoms with E-state index in [2.05, 4.69) is 31.0 Å². The minimum atomic E-state index is 0.351. The van der Waals surface area contributed by atoms with Crippen molar-refractivity contribution in [3.63, 3.8) is 0 Å². The minimum Gasteiger partial charge on any atom is -0.379 e. The van der Waals surface area contributed by atoms with E-state index in [0.717, 1.165) is 52.4 Å². The van der Waals surface area contributed by atoms with Crippen LogP contribution in [0.5, 0.6) is 0 Å². The molecule has 1 atom stereocenters. The standard InChI is InChI=1S/C14H30N2O2/c1-4-14-12-17-11-9-16(14)8-7-15-6-5-10-18-13(2)3/h13-15H,4-12H2,1-3H3. The zero-order chi connectivity index (χ0) is 13.2. The normalized spacial score (nSPS) is 21.7. The summed E-state index contributed by atoms with van der Waals surface area (Å²) in [5.41, 5.74) is 0. The Bertz CT molecular complexity index is 200. The highest BCUT2D eigenvalue weighted by Crippen LogP contribution is 2.08. The smallest absolute Gasteiger partial charge is 0.0622 e. The van der Waals surface area contributed by atoms with Crippen LogP contribution in [0.4, 0.5) is 0 Å². The van der Waals surface area contributed by atoms with Crippen LogP contribution in [0.3, 0.4) is 0 Å². The van der Waals surface area contributed by atoms with Gasteiger partial charge in [0.05, 0.1) is 19.3 Å². The second-order valence-corrected chi connectivity index (χ2v) is 5.20. The van der Waals surface area contributed by atoms with Gasteiger partial charge >= 0.3 is 0 Å². The van der Waals surface area contributed by atoms with Gasteiger partial charge in [0.2, 0.25) is 0 Å². The van der Waals surface area contributed by atoms with Crippen LogP contribution in [0, 0.1) is 0 Å². The molecule has 1 fully saturated rings. The molecule has 0 radical (unpaired) electrons. The molecule has 0 saturated carbocycles. The van der Waals surface area contributed by atoms with Gasteiger partial charge in [0.15, 0.2) is 0 Å². The van der Waals surface area contributed by atoms with Crippen molar-refractivity contribution < 1.29 is 9.47 Å². The molecule has 1 heterocycles. The molecule has 0 spiro atoms. The third kappa shape index (κ3) is 6.69. The predicted molar refractivity (Wildman–Crippen MR) is 75.0 cm³/mol. The van der Waals surface area contributed by atoms with E-state index >= 15 is 0 Å². The molecule has 0 aromatic carbocycles. The largest absolute Gasteiger partial charge is 0.379 e. The molecule has 18 heavy (non-hydrogen) atoms. The van der Waals surface area contributed by atoms with E-state index in [9.17, 15) is 0 Å². The lowest BCUT2D eigenvalue weighted by Gasteiger charge is -2.35. The van der Waals surface area contributed by atoms with Crippen molar-refractivity contribution in [2.75, 3.05) is 46.0 Å². The molecule has 0 aromatic heterocycles. The van der Waals surface area contributed by atoms with Gasteiger partial charge in [-0.3, -0.25) is 4.90 Å². The van der Waals surface area contributed by atoms with Gasteiger partial charge in [-0.1, -0.05) is 6.92 Å². The first kappa shape index (κ1) is 15.9. The molecular weight excluding hydrogens is 228 g/mol. The molecule has 4 heteroatoms. The summed E-state index contributed by atoms with van der Waals surface area (Å²) >= 11 is 0. The number of ether oxygens (including phenoxy) is 2. The van der Waals surface area contributed by atoms with Crippen molar-refractivity contribution in [2.45, 2.75) is 45.8 Å². The second-order valence-electron chi connectivity index (χ2n) is 5.20.